The van der Waals surface area contributed by atoms with E-state index >= 15 is 0 Å². The topological polar surface area (TPSA) is 94.0 Å². The van der Waals surface area contributed by atoms with Crippen LogP contribution in [-0.4, -0.2) is 41.4 Å². The summed E-state index contributed by atoms with van der Waals surface area (Å²) in [6.07, 6.45) is 4.92. The van der Waals surface area contributed by atoms with Crippen molar-refractivity contribution in [1.82, 2.24) is 20.1 Å². The van der Waals surface area contributed by atoms with Crippen LogP contribution >= 0.6 is 0 Å². The standard InChI is InChI=1S/C23H20N4O3S/c28-23(25-14-15-31(29,30)20-11-5-2-6-12-20)21-17-27(19-9-3-1-4-10-19)26-22(21)18-8-7-13-24-16-18/h1-13,16-17H,14-15H2,(H,25,28). The van der Waals surface area contributed by atoms with E-state index in [9.17, 15) is 13.2 Å². The molecule has 0 aliphatic heterocycles. The highest BCUT2D eigenvalue weighted by molar-refractivity contribution is 7.91. The number of rotatable bonds is 7. The van der Waals surface area contributed by atoms with Crippen molar-refractivity contribution in [3.8, 4) is 16.9 Å². The highest BCUT2D eigenvalue weighted by atomic mass is 32.2. The Kier molecular flexibility index (Phi) is 5.90. The lowest BCUT2D eigenvalue weighted by Gasteiger charge is -2.07. The zero-order valence-corrected chi connectivity index (χ0v) is 17.4. The number of carbonyl (C=O) groups is 1. The van der Waals surface area contributed by atoms with Crippen molar-refractivity contribution in [2.45, 2.75) is 4.90 Å². The maximum Gasteiger partial charge on any atom is 0.255 e. The molecule has 0 saturated carbocycles. The maximum absolute atomic E-state index is 12.9. The first-order valence-corrected chi connectivity index (χ1v) is 11.3. The Labute approximate surface area is 180 Å². The normalized spacial score (nSPS) is 11.2. The molecule has 0 bridgehead atoms. The molecule has 2 aromatic heterocycles. The van der Waals surface area contributed by atoms with E-state index in [0.29, 0.717) is 16.8 Å². The molecule has 1 N–H and O–H groups in total. The van der Waals surface area contributed by atoms with Gasteiger partial charge in [0.2, 0.25) is 0 Å². The van der Waals surface area contributed by atoms with E-state index in [2.05, 4.69) is 15.4 Å². The Morgan fingerprint density at radius 3 is 2.32 bits per heavy atom. The number of hydrogen-bond donors (Lipinski definition) is 1. The minimum atomic E-state index is -3.48. The van der Waals surface area contributed by atoms with E-state index in [0.717, 1.165) is 5.69 Å². The number of para-hydroxylation sites is 1. The summed E-state index contributed by atoms with van der Waals surface area (Å²) < 4.78 is 26.5. The van der Waals surface area contributed by atoms with Crippen molar-refractivity contribution in [1.29, 1.82) is 0 Å². The predicted octanol–water partition coefficient (Wildman–Crippen LogP) is 3.14. The number of amides is 1. The molecule has 2 heterocycles. The highest BCUT2D eigenvalue weighted by Gasteiger charge is 2.20. The third-order valence-electron chi connectivity index (χ3n) is 4.67. The summed E-state index contributed by atoms with van der Waals surface area (Å²) in [5, 5.41) is 7.28. The van der Waals surface area contributed by atoms with Gasteiger partial charge in [0.05, 0.1) is 21.9 Å². The number of hydrogen-bond acceptors (Lipinski definition) is 5. The van der Waals surface area contributed by atoms with Crippen LogP contribution in [0.3, 0.4) is 0 Å². The molecule has 0 fully saturated rings. The number of nitrogens with zero attached hydrogens (tertiary/aromatic N) is 3. The average molecular weight is 433 g/mol. The summed E-state index contributed by atoms with van der Waals surface area (Å²) in [6, 6.07) is 21.2. The van der Waals surface area contributed by atoms with Crippen molar-refractivity contribution >= 4 is 15.7 Å². The number of aromatic nitrogens is 3. The second kappa shape index (κ2) is 8.93. The van der Waals surface area contributed by atoms with E-state index in [1.54, 1.807) is 59.7 Å². The van der Waals surface area contributed by atoms with E-state index in [1.807, 2.05) is 36.4 Å². The third-order valence-corrected chi connectivity index (χ3v) is 6.41. The summed E-state index contributed by atoms with van der Waals surface area (Å²) in [4.78, 5) is 17.3. The van der Waals surface area contributed by atoms with Crippen LogP contribution in [-0.2, 0) is 9.84 Å². The quantitative estimate of drug-likeness (QED) is 0.484. The van der Waals surface area contributed by atoms with Gasteiger partial charge in [0.25, 0.3) is 5.91 Å². The number of carbonyl (C=O) groups excluding carboxylic acids is 1. The average Bonchev–Trinajstić information content (AvgIpc) is 3.26. The Morgan fingerprint density at radius 1 is 0.935 bits per heavy atom. The number of pyridine rings is 1. The number of benzene rings is 2. The maximum atomic E-state index is 12.9. The smallest absolute Gasteiger partial charge is 0.255 e. The molecule has 0 spiro atoms. The molecule has 0 saturated heterocycles. The first-order valence-electron chi connectivity index (χ1n) is 9.66. The molecule has 0 radical (unpaired) electrons. The fraction of sp³-hybridized carbons (Fsp3) is 0.0870. The summed E-state index contributed by atoms with van der Waals surface area (Å²) in [7, 11) is -3.48. The molecule has 0 atom stereocenters. The molecule has 156 valence electrons. The molecule has 8 heteroatoms. The Morgan fingerprint density at radius 2 is 1.65 bits per heavy atom. The van der Waals surface area contributed by atoms with Crippen LogP contribution in [0.25, 0.3) is 16.9 Å². The molecule has 31 heavy (non-hydrogen) atoms. The molecule has 0 aliphatic rings. The molecule has 7 nitrogen and oxygen atoms in total. The summed E-state index contributed by atoms with van der Waals surface area (Å²) in [5.74, 6) is -0.595. The predicted molar refractivity (Wildman–Crippen MR) is 118 cm³/mol. The summed E-state index contributed by atoms with van der Waals surface area (Å²) in [5.41, 5.74) is 2.31. The first-order chi connectivity index (χ1) is 15.0. The van der Waals surface area contributed by atoms with Gasteiger partial charge >= 0.3 is 0 Å². The van der Waals surface area contributed by atoms with Gasteiger partial charge in [0.15, 0.2) is 9.84 Å². The van der Waals surface area contributed by atoms with Crippen LogP contribution < -0.4 is 5.32 Å². The molecule has 0 aliphatic carbocycles. The number of sulfone groups is 1. The van der Waals surface area contributed by atoms with Gasteiger partial charge in [-0.1, -0.05) is 36.4 Å². The third kappa shape index (κ3) is 4.70. The molecular weight excluding hydrogens is 412 g/mol. The van der Waals surface area contributed by atoms with Gasteiger partial charge < -0.3 is 5.32 Å². The second-order valence-electron chi connectivity index (χ2n) is 6.80. The SMILES string of the molecule is O=C(NCCS(=O)(=O)c1ccccc1)c1cn(-c2ccccc2)nc1-c1cccnc1. The van der Waals surface area contributed by atoms with E-state index in [-0.39, 0.29) is 17.2 Å². The Balaban J connectivity index is 1.56. The summed E-state index contributed by atoms with van der Waals surface area (Å²) in [6.45, 7) is -0.0148. The fourth-order valence-electron chi connectivity index (χ4n) is 3.11. The minimum absolute atomic E-state index is 0.0148. The molecular formula is C23H20N4O3S. The number of nitrogens with one attached hydrogen (secondary N) is 1. The van der Waals surface area contributed by atoms with Crippen LogP contribution in [0.1, 0.15) is 10.4 Å². The van der Waals surface area contributed by atoms with Gasteiger partial charge in [-0.3, -0.25) is 9.78 Å². The molecule has 0 unspecified atom stereocenters. The van der Waals surface area contributed by atoms with Gasteiger partial charge in [0.1, 0.15) is 5.69 Å². The van der Waals surface area contributed by atoms with Crippen LogP contribution in [0.5, 0.6) is 0 Å². The van der Waals surface area contributed by atoms with E-state index < -0.39 is 15.7 Å². The van der Waals surface area contributed by atoms with Crippen LogP contribution in [0, 0.1) is 0 Å². The Bertz CT molecular complexity index is 1270. The van der Waals surface area contributed by atoms with Crippen molar-refractivity contribution in [2.24, 2.45) is 0 Å². The first kappa shape index (κ1) is 20.5. The van der Waals surface area contributed by atoms with Crippen LogP contribution in [0.4, 0.5) is 0 Å². The molecule has 4 rings (SSSR count). The summed E-state index contributed by atoms with van der Waals surface area (Å²) >= 11 is 0. The van der Waals surface area contributed by atoms with Crippen molar-refractivity contribution < 1.29 is 13.2 Å². The van der Waals surface area contributed by atoms with Crippen molar-refractivity contribution in [2.75, 3.05) is 12.3 Å². The lowest BCUT2D eigenvalue weighted by molar-refractivity contribution is 0.0956. The lowest BCUT2D eigenvalue weighted by Crippen LogP contribution is -2.29. The van der Waals surface area contributed by atoms with Gasteiger partial charge in [0, 0.05) is 30.7 Å². The largest absolute Gasteiger partial charge is 0.351 e. The van der Waals surface area contributed by atoms with Crippen molar-refractivity contribution in [3.05, 3.63) is 97.0 Å². The van der Waals surface area contributed by atoms with Gasteiger partial charge in [-0.2, -0.15) is 5.10 Å². The van der Waals surface area contributed by atoms with E-state index in [1.165, 1.54) is 0 Å². The highest BCUT2D eigenvalue weighted by Crippen LogP contribution is 2.23. The lowest BCUT2D eigenvalue weighted by atomic mass is 10.1. The zero-order valence-electron chi connectivity index (χ0n) is 16.5. The van der Waals surface area contributed by atoms with Crippen LogP contribution in [0.15, 0.2) is 96.3 Å². The Hall–Kier alpha value is -3.78. The molecule has 2 aromatic carbocycles. The molecule has 4 aromatic rings. The van der Waals surface area contributed by atoms with Crippen molar-refractivity contribution in [3.63, 3.8) is 0 Å². The van der Waals surface area contributed by atoms with Gasteiger partial charge in [-0.15, -0.1) is 0 Å². The second-order valence-corrected chi connectivity index (χ2v) is 8.91. The fourth-order valence-corrected chi connectivity index (χ4v) is 4.29. The van der Waals surface area contributed by atoms with Gasteiger partial charge in [-0.05, 0) is 36.4 Å². The molecule has 1 amide bonds. The van der Waals surface area contributed by atoms with Crippen LogP contribution in [0.2, 0.25) is 0 Å². The minimum Gasteiger partial charge on any atom is -0.351 e. The zero-order chi connectivity index (χ0) is 21.7. The monoisotopic (exact) mass is 432 g/mol. The van der Waals surface area contributed by atoms with Gasteiger partial charge in [-0.25, -0.2) is 13.1 Å². The van der Waals surface area contributed by atoms with E-state index in [4.69, 9.17) is 0 Å².